The molecule has 0 heterocycles. The predicted octanol–water partition coefficient (Wildman–Crippen LogP) is 5.09. The molecule has 0 saturated heterocycles. The van der Waals surface area contributed by atoms with E-state index in [-0.39, 0.29) is 6.04 Å². The molecule has 3 heteroatoms. The third-order valence-electron chi connectivity index (χ3n) is 4.08. The number of carbonyl (C=O) groups is 1. The van der Waals surface area contributed by atoms with Crippen molar-refractivity contribution in [2.45, 2.75) is 97.4 Å². The van der Waals surface area contributed by atoms with Crippen LogP contribution in [0.3, 0.4) is 0 Å². The Balaban J connectivity index is 3.90. The molecule has 1 atom stereocenters. The van der Waals surface area contributed by atoms with E-state index in [9.17, 15) is 9.90 Å². The molecule has 21 heavy (non-hydrogen) atoms. The van der Waals surface area contributed by atoms with Crippen LogP contribution in [-0.2, 0) is 4.79 Å². The number of unbranched alkanes of at least 4 members (excludes halogenated alkanes) is 7. The van der Waals surface area contributed by atoms with Crippen LogP contribution in [0.15, 0.2) is 0 Å². The zero-order chi connectivity index (χ0) is 15.9. The van der Waals surface area contributed by atoms with Crippen molar-refractivity contribution in [2.24, 2.45) is 0 Å². The first-order valence-corrected chi connectivity index (χ1v) is 9.14. The number of hydrogen-bond acceptors (Lipinski definition) is 2. The minimum atomic E-state index is -0.639. The largest absolute Gasteiger partial charge is 0.480 e. The zero-order valence-electron chi connectivity index (χ0n) is 14.6. The van der Waals surface area contributed by atoms with E-state index in [2.05, 4.69) is 25.7 Å². The van der Waals surface area contributed by atoms with Crippen LogP contribution >= 0.6 is 0 Å². The Kier molecular flexibility index (Phi) is 14.0. The highest BCUT2D eigenvalue weighted by atomic mass is 16.4. The summed E-state index contributed by atoms with van der Waals surface area (Å²) in [6.45, 7) is 8.30. The third-order valence-corrected chi connectivity index (χ3v) is 4.08. The molecule has 0 saturated carbocycles. The Labute approximate surface area is 132 Å². The van der Waals surface area contributed by atoms with Gasteiger partial charge < -0.3 is 5.11 Å². The number of rotatable bonds is 15. The monoisotopic (exact) mass is 299 g/mol. The molecule has 3 nitrogen and oxygen atoms in total. The maximum Gasteiger partial charge on any atom is 0.320 e. The first kappa shape index (κ1) is 20.4. The molecule has 0 aromatic carbocycles. The van der Waals surface area contributed by atoms with Gasteiger partial charge in [0.05, 0.1) is 0 Å². The van der Waals surface area contributed by atoms with Crippen LogP contribution in [0, 0.1) is 0 Å². The van der Waals surface area contributed by atoms with Gasteiger partial charge in [-0.05, 0) is 32.4 Å². The van der Waals surface area contributed by atoms with Crippen LogP contribution in [0.25, 0.3) is 0 Å². The van der Waals surface area contributed by atoms with Gasteiger partial charge in [-0.25, -0.2) is 0 Å². The van der Waals surface area contributed by atoms with Crippen LogP contribution in [0.2, 0.25) is 0 Å². The molecular formula is C18H37NO2. The number of nitrogens with zero attached hydrogens (tertiary/aromatic N) is 1. The molecule has 0 radical (unpaired) electrons. The van der Waals surface area contributed by atoms with E-state index in [4.69, 9.17) is 0 Å². The maximum atomic E-state index is 11.5. The lowest BCUT2D eigenvalue weighted by atomic mass is 10.0. The Morgan fingerprint density at radius 2 is 1.29 bits per heavy atom. The Hall–Kier alpha value is -0.570. The van der Waals surface area contributed by atoms with Gasteiger partial charge in [-0.2, -0.15) is 0 Å². The van der Waals surface area contributed by atoms with Gasteiger partial charge in [0.25, 0.3) is 0 Å². The zero-order valence-corrected chi connectivity index (χ0v) is 14.6. The summed E-state index contributed by atoms with van der Waals surface area (Å²) in [6.07, 6.45) is 13.0. The lowest BCUT2D eigenvalue weighted by molar-refractivity contribution is -0.143. The van der Waals surface area contributed by atoms with Gasteiger partial charge in [0.1, 0.15) is 6.04 Å². The molecular weight excluding hydrogens is 262 g/mol. The first-order valence-electron chi connectivity index (χ1n) is 9.14. The molecule has 0 aliphatic heterocycles. The summed E-state index contributed by atoms with van der Waals surface area (Å²) in [7, 11) is 0. The summed E-state index contributed by atoms with van der Waals surface area (Å²) < 4.78 is 0. The third kappa shape index (κ3) is 10.8. The summed E-state index contributed by atoms with van der Waals surface area (Å²) in [6, 6.07) is -0.273. The van der Waals surface area contributed by atoms with Crippen molar-refractivity contribution in [2.75, 3.05) is 13.1 Å². The molecule has 0 rings (SSSR count). The van der Waals surface area contributed by atoms with Gasteiger partial charge in [0.2, 0.25) is 0 Å². The van der Waals surface area contributed by atoms with Gasteiger partial charge in [-0.15, -0.1) is 0 Å². The summed E-state index contributed by atoms with van der Waals surface area (Å²) in [4.78, 5) is 13.6. The van der Waals surface area contributed by atoms with Gasteiger partial charge >= 0.3 is 5.97 Å². The van der Waals surface area contributed by atoms with Crippen molar-refractivity contribution in [3.8, 4) is 0 Å². The fraction of sp³-hybridized carbons (Fsp3) is 0.944. The van der Waals surface area contributed by atoms with Crippen LogP contribution in [0.4, 0.5) is 0 Å². The van der Waals surface area contributed by atoms with Crippen molar-refractivity contribution >= 4 is 5.97 Å². The predicted molar refractivity (Wildman–Crippen MR) is 90.8 cm³/mol. The second-order valence-electron chi connectivity index (χ2n) is 6.15. The molecule has 1 N–H and O–H groups in total. The lowest BCUT2D eigenvalue weighted by Gasteiger charge is -2.28. The number of hydrogen-bond donors (Lipinski definition) is 1. The van der Waals surface area contributed by atoms with Crippen molar-refractivity contribution in [3.63, 3.8) is 0 Å². The smallest absolute Gasteiger partial charge is 0.320 e. The first-order chi connectivity index (χ1) is 10.2. The molecule has 126 valence electrons. The quantitative estimate of drug-likeness (QED) is 0.428. The minimum Gasteiger partial charge on any atom is -0.480 e. The summed E-state index contributed by atoms with van der Waals surface area (Å²) >= 11 is 0. The van der Waals surface area contributed by atoms with Crippen LogP contribution in [0.1, 0.15) is 91.4 Å². The molecule has 0 aliphatic carbocycles. The highest BCUT2D eigenvalue weighted by Gasteiger charge is 2.23. The van der Waals surface area contributed by atoms with Crippen molar-refractivity contribution < 1.29 is 9.90 Å². The molecule has 0 aliphatic rings. The van der Waals surface area contributed by atoms with Gasteiger partial charge in [-0.3, -0.25) is 9.69 Å². The highest BCUT2D eigenvalue weighted by Crippen LogP contribution is 2.14. The van der Waals surface area contributed by atoms with Crippen molar-refractivity contribution in [1.29, 1.82) is 0 Å². The fourth-order valence-electron chi connectivity index (χ4n) is 2.93. The fourth-order valence-corrected chi connectivity index (χ4v) is 2.93. The van der Waals surface area contributed by atoms with Crippen LogP contribution < -0.4 is 0 Å². The van der Waals surface area contributed by atoms with E-state index in [1.807, 2.05) is 0 Å². The highest BCUT2D eigenvalue weighted by molar-refractivity contribution is 5.73. The van der Waals surface area contributed by atoms with Crippen molar-refractivity contribution in [3.05, 3.63) is 0 Å². The lowest BCUT2D eigenvalue weighted by Crippen LogP contribution is -2.42. The molecule has 0 spiro atoms. The SMILES string of the molecule is CCCCCCCCCCC(C(=O)O)N(CCC)CCC. The Morgan fingerprint density at radius 3 is 1.71 bits per heavy atom. The summed E-state index contributed by atoms with van der Waals surface area (Å²) in [5.74, 6) is -0.639. The average Bonchev–Trinajstić information content (AvgIpc) is 2.45. The van der Waals surface area contributed by atoms with E-state index in [0.717, 1.165) is 38.8 Å². The van der Waals surface area contributed by atoms with Gasteiger partial charge in [0.15, 0.2) is 0 Å². The number of aliphatic carboxylic acids is 1. The van der Waals surface area contributed by atoms with Crippen LogP contribution in [0.5, 0.6) is 0 Å². The second-order valence-corrected chi connectivity index (χ2v) is 6.15. The number of carboxylic acids is 1. The summed E-state index contributed by atoms with van der Waals surface area (Å²) in [5, 5.41) is 9.46. The molecule has 0 aromatic rings. The molecule has 0 bridgehead atoms. The molecule has 0 amide bonds. The van der Waals surface area contributed by atoms with E-state index in [1.165, 1.54) is 44.9 Å². The minimum absolute atomic E-state index is 0.273. The van der Waals surface area contributed by atoms with E-state index in [1.54, 1.807) is 0 Å². The molecule has 0 aromatic heterocycles. The topological polar surface area (TPSA) is 40.5 Å². The Bertz CT molecular complexity index is 237. The molecule has 1 unspecified atom stereocenters. The van der Waals surface area contributed by atoms with Crippen LogP contribution in [-0.4, -0.2) is 35.1 Å². The van der Waals surface area contributed by atoms with Gasteiger partial charge in [0, 0.05) is 0 Å². The van der Waals surface area contributed by atoms with E-state index >= 15 is 0 Å². The summed E-state index contributed by atoms with van der Waals surface area (Å²) in [5.41, 5.74) is 0. The second kappa shape index (κ2) is 14.4. The van der Waals surface area contributed by atoms with E-state index < -0.39 is 5.97 Å². The normalized spacial score (nSPS) is 12.8. The van der Waals surface area contributed by atoms with E-state index in [0.29, 0.717) is 0 Å². The standard InChI is InChI=1S/C18H37NO2/c1-4-7-8-9-10-11-12-13-14-17(18(20)21)19(15-5-2)16-6-3/h17H,4-16H2,1-3H3,(H,20,21). The van der Waals surface area contributed by atoms with Crippen molar-refractivity contribution in [1.82, 2.24) is 4.90 Å². The van der Waals surface area contributed by atoms with Gasteiger partial charge in [-0.1, -0.05) is 72.1 Å². The average molecular weight is 299 g/mol. The Morgan fingerprint density at radius 1 is 0.810 bits per heavy atom. The molecule has 0 fully saturated rings. The maximum absolute atomic E-state index is 11.5. The number of carboxylic acid groups (broad SMARTS) is 1.